The van der Waals surface area contributed by atoms with Crippen molar-refractivity contribution >= 4 is 33.5 Å². The Labute approximate surface area is 153 Å². The zero-order valence-electron chi connectivity index (χ0n) is 14.1. The average Bonchev–Trinajstić information content (AvgIpc) is 3.28. The van der Waals surface area contributed by atoms with Crippen LogP contribution in [0.2, 0.25) is 0 Å². The summed E-state index contributed by atoms with van der Waals surface area (Å²) in [6, 6.07) is 7.36. The first-order chi connectivity index (χ1) is 12.6. The molecular formula is C18H15N5O2S. The van der Waals surface area contributed by atoms with Crippen molar-refractivity contribution < 1.29 is 9.32 Å². The molecule has 0 aliphatic heterocycles. The largest absolute Gasteiger partial charge is 0.336 e. The quantitative estimate of drug-likeness (QED) is 0.585. The van der Waals surface area contributed by atoms with Gasteiger partial charge in [-0.05, 0) is 24.1 Å². The van der Waals surface area contributed by atoms with Gasteiger partial charge in [0.25, 0.3) is 11.6 Å². The lowest BCUT2D eigenvalue weighted by molar-refractivity contribution is 0.102. The smallest absolute Gasteiger partial charge is 0.259 e. The van der Waals surface area contributed by atoms with Crippen molar-refractivity contribution in [2.75, 3.05) is 5.32 Å². The number of anilines is 1. The number of hydrogen-bond acceptors (Lipinski definition) is 7. The van der Waals surface area contributed by atoms with Crippen LogP contribution in [-0.4, -0.2) is 26.0 Å². The van der Waals surface area contributed by atoms with E-state index in [1.54, 1.807) is 12.3 Å². The lowest BCUT2D eigenvalue weighted by Crippen LogP contribution is -2.12. The molecule has 0 aliphatic rings. The number of nitrogens with zero attached hydrogens (tertiary/aromatic N) is 4. The molecular weight excluding hydrogens is 350 g/mol. The maximum Gasteiger partial charge on any atom is 0.259 e. The van der Waals surface area contributed by atoms with E-state index in [4.69, 9.17) is 4.52 Å². The summed E-state index contributed by atoms with van der Waals surface area (Å²) in [6.07, 6.45) is 3.18. The van der Waals surface area contributed by atoms with E-state index < -0.39 is 0 Å². The Kier molecular flexibility index (Phi) is 4.18. The van der Waals surface area contributed by atoms with Gasteiger partial charge >= 0.3 is 0 Å². The highest BCUT2D eigenvalue weighted by Gasteiger charge is 2.16. The van der Waals surface area contributed by atoms with Gasteiger partial charge in [0.05, 0.1) is 22.3 Å². The molecule has 0 aliphatic carbocycles. The molecule has 0 saturated heterocycles. The maximum atomic E-state index is 12.6. The third-order valence-electron chi connectivity index (χ3n) is 3.82. The number of hydrogen-bond donors (Lipinski definition) is 1. The van der Waals surface area contributed by atoms with Gasteiger partial charge < -0.3 is 4.52 Å². The fourth-order valence-corrected chi connectivity index (χ4v) is 3.22. The molecule has 0 radical (unpaired) electrons. The topological polar surface area (TPSA) is 93.8 Å². The molecule has 7 nitrogen and oxygen atoms in total. The first-order valence-corrected chi connectivity index (χ1v) is 8.93. The number of carbonyl (C=O) groups excluding carboxylic acids is 1. The lowest BCUT2D eigenvalue weighted by atomic mass is 10.1. The summed E-state index contributed by atoms with van der Waals surface area (Å²) in [5, 5.41) is 9.95. The van der Waals surface area contributed by atoms with E-state index in [2.05, 4.69) is 25.4 Å². The van der Waals surface area contributed by atoms with Crippen LogP contribution < -0.4 is 5.32 Å². The standard InChI is InChI=1S/C18H15N5O2S/c1-10(2)15-12-7-11(8-20-17(12)25-23-15)16(24)22-18-21-14(9-26-18)13-5-3-4-6-19-13/h3-10H,1-2H3,(H,21,22,24). The minimum absolute atomic E-state index is 0.177. The van der Waals surface area contributed by atoms with E-state index in [0.29, 0.717) is 16.4 Å². The van der Waals surface area contributed by atoms with Crippen LogP contribution in [0, 0.1) is 0 Å². The van der Waals surface area contributed by atoms with Crippen LogP contribution >= 0.6 is 11.3 Å². The number of carbonyl (C=O) groups is 1. The molecule has 4 aromatic rings. The molecule has 0 saturated carbocycles. The van der Waals surface area contributed by atoms with Crippen LogP contribution in [0.25, 0.3) is 22.5 Å². The summed E-state index contributed by atoms with van der Waals surface area (Å²) < 4.78 is 5.21. The predicted molar refractivity (Wildman–Crippen MR) is 99.2 cm³/mol. The monoisotopic (exact) mass is 365 g/mol. The van der Waals surface area contributed by atoms with E-state index in [0.717, 1.165) is 22.5 Å². The van der Waals surface area contributed by atoms with Crippen LogP contribution in [0.3, 0.4) is 0 Å². The average molecular weight is 365 g/mol. The summed E-state index contributed by atoms with van der Waals surface area (Å²) in [5.74, 6) is -0.103. The number of fused-ring (bicyclic) bond motifs is 1. The molecule has 1 N–H and O–H groups in total. The number of thiazole rings is 1. The molecule has 0 fully saturated rings. The molecule has 4 heterocycles. The molecule has 0 spiro atoms. The highest BCUT2D eigenvalue weighted by atomic mass is 32.1. The Balaban J connectivity index is 1.58. The fraction of sp³-hybridized carbons (Fsp3) is 0.167. The second-order valence-corrected chi connectivity index (χ2v) is 6.86. The molecule has 0 atom stereocenters. The molecule has 130 valence electrons. The second kappa shape index (κ2) is 6.64. The number of rotatable bonds is 4. The first kappa shape index (κ1) is 16.3. The normalized spacial score (nSPS) is 11.2. The summed E-state index contributed by atoms with van der Waals surface area (Å²) in [5.41, 5.74) is 3.13. The number of nitrogens with one attached hydrogen (secondary N) is 1. The number of amides is 1. The summed E-state index contributed by atoms with van der Waals surface area (Å²) >= 11 is 1.35. The molecule has 26 heavy (non-hydrogen) atoms. The first-order valence-electron chi connectivity index (χ1n) is 8.05. The van der Waals surface area contributed by atoms with Gasteiger partial charge in [-0.15, -0.1) is 11.3 Å². The predicted octanol–water partition coefficient (Wildman–Crippen LogP) is 4.12. The van der Waals surface area contributed by atoms with Crippen molar-refractivity contribution in [2.24, 2.45) is 0 Å². The Morgan fingerprint density at radius 1 is 1.23 bits per heavy atom. The van der Waals surface area contributed by atoms with Gasteiger partial charge in [-0.3, -0.25) is 15.1 Å². The van der Waals surface area contributed by atoms with Crippen molar-refractivity contribution in [1.29, 1.82) is 0 Å². The van der Waals surface area contributed by atoms with Crippen molar-refractivity contribution in [3.63, 3.8) is 0 Å². The van der Waals surface area contributed by atoms with E-state index in [1.165, 1.54) is 17.5 Å². The molecule has 0 aromatic carbocycles. The Bertz CT molecular complexity index is 1070. The van der Waals surface area contributed by atoms with Crippen LogP contribution in [0.4, 0.5) is 5.13 Å². The van der Waals surface area contributed by atoms with Gasteiger partial charge in [0.2, 0.25) is 0 Å². The van der Waals surface area contributed by atoms with Crippen LogP contribution in [0.5, 0.6) is 0 Å². The number of aromatic nitrogens is 4. The third-order valence-corrected chi connectivity index (χ3v) is 4.58. The van der Waals surface area contributed by atoms with Gasteiger partial charge in [-0.2, -0.15) is 0 Å². The van der Waals surface area contributed by atoms with Gasteiger partial charge in [0, 0.05) is 17.8 Å². The second-order valence-electron chi connectivity index (χ2n) is 6.01. The van der Waals surface area contributed by atoms with E-state index in [9.17, 15) is 4.79 Å². The SMILES string of the molecule is CC(C)c1noc2ncc(C(=O)Nc3nc(-c4ccccn4)cs3)cc12. The van der Waals surface area contributed by atoms with Crippen molar-refractivity contribution in [3.05, 3.63) is 53.3 Å². The summed E-state index contributed by atoms with van der Waals surface area (Å²) in [4.78, 5) is 25.4. The molecule has 8 heteroatoms. The minimum atomic E-state index is -0.280. The maximum absolute atomic E-state index is 12.6. The minimum Gasteiger partial charge on any atom is -0.336 e. The van der Waals surface area contributed by atoms with Crippen molar-refractivity contribution in [1.82, 2.24) is 20.1 Å². The number of pyridine rings is 2. The van der Waals surface area contributed by atoms with Crippen molar-refractivity contribution in [3.8, 4) is 11.4 Å². The van der Waals surface area contributed by atoms with Gasteiger partial charge in [0.15, 0.2) is 5.13 Å². The van der Waals surface area contributed by atoms with Crippen molar-refractivity contribution in [2.45, 2.75) is 19.8 Å². The van der Waals surface area contributed by atoms with Crippen LogP contribution in [0.1, 0.15) is 35.8 Å². The van der Waals surface area contributed by atoms with Crippen LogP contribution in [0.15, 0.2) is 46.6 Å². The zero-order chi connectivity index (χ0) is 18.1. The van der Waals surface area contributed by atoms with E-state index in [1.807, 2.05) is 37.4 Å². The molecule has 1 amide bonds. The van der Waals surface area contributed by atoms with Gasteiger partial charge in [0.1, 0.15) is 5.69 Å². The van der Waals surface area contributed by atoms with Crippen LogP contribution in [-0.2, 0) is 0 Å². The fourth-order valence-electron chi connectivity index (χ4n) is 2.52. The Hall–Kier alpha value is -3.13. The van der Waals surface area contributed by atoms with Gasteiger partial charge in [-0.25, -0.2) is 9.97 Å². The van der Waals surface area contributed by atoms with E-state index >= 15 is 0 Å². The van der Waals surface area contributed by atoms with Gasteiger partial charge in [-0.1, -0.05) is 25.1 Å². The summed E-state index contributed by atoms with van der Waals surface area (Å²) in [6.45, 7) is 4.03. The molecule has 4 aromatic heterocycles. The molecule has 0 bridgehead atoms. The zero-order valence-corrected chi connectivity index (χ0v) is 14.9. The lowest BCUT2D eigenvalue weighted by Gasteiger charge is -2.02. The van der Waals surface area contributed by atoms with E-state index in [-0.39, 0.29) is 11.8 Å². The Morgan fingerprint density at radius 2 is 2.12 bits per heavy atom. The third kappa shape index (κ3) is 3.06. The molecule has 0 unspecified atom stereocenters. The highest BCUT2D eigenvalue weighted by molar-refractivity contribution is 7.14. The summed E-state index contributed by atoms with van der Waals surface area (Å²) in [7, 11) is 0. The Morgan fingerprint density at radius 3 is 2.88 bits per heavy atom. The molecule has 4 rings (SSSR count). The highest BCUT2D eigenvalue weighted by Crippen LogP contribution is 2.26.